The molecule has 1 unspecified atom stereocenters. The lowest BCUT2D eigenvalue weighted by atomic mass is 10.1. The number of aromatic nitrogens is 3. The highest BCUT2D eigenvalue weighted by Crippen LogP contribution is 2.29. The number of aryl methyl sites for hydroxylation is 1. The molecule has 3 rings (SSSR count). The van der Waals surface area contributed by atoms with Crippen molar-refractivity contribution in [2.24, 2.45) is 5.92 Å². The molecule has 0 radical (unpaired) electrons. The second-order valence-corrected chi connectivity index (χ2v) is 6.59. The molecule has 1 N–H and O–H groups in total. The van der Waals surface area contributed by atoms with Crippen LogP contribution in [0.2, 0.25) is 0 Å². The first kappa shape index (κ1) is 14.5. The number of rotatable bonds is 5. The van der Waals surface area contributed by atoms with Crippen LogP contribution < -0.4 is 0 Å². The summed E-state index contributed by atoms with van der Waals surface area (Å²) in [6.45, 7) is 4.51. The molecule has 1 saturated heterocycles. The maximum atomic E-state index is 12.2. The minimum Gasteiger partial charge on any atom is -0.339 e. The van der Waals surface area contributed by atoms with Crippen LogP contribution in [0.15, 0.2) is 0 Å². The first-order valence-corrected chi connectivity index (χ1v) is 7.97. The summed E-state index contributed by atoms with van der Waals surface area (Å²) in [5.41, 5.74) is 0. The van der Waals surface area contributed by atoms with Gasteiger partial charge in [-0.15, -0.1) is 0 Å². The van der Waals surface area contributed by atoms with Gasteiger partial charge in [0.25, 0.3) is 0 Å². The van der Waals surface area contributed by atoms with Crippen molar-refractivity contribution in [2.75, 3.05) is 20.1 Å². The Morgan fingerprint density at radius 2 is 2.14 bits per heavy atom. The van der Waals surface area contributed by atoms with Gasteiger partial charge in [-0.25, -0.2) is 4.98 Å². The van der Waals surface area contributed by atoms with E-state index < -0.39 is 0 Å². The van der Waals surface area contributed by atoms with Gasteiger partial charge in [0.1, 0.15) is 5.82 Å². The number of aromatic amines is 1. The van der Waals surface area contributed by atoms with Crippen molar-refractivity contribution in [1.29, 1.82) is 0 Å². The molecule has 1 aromatic heterocycles. The first-order chi connectivity index (χ1) is 10.1. The molecule has 6 heteroatoms. The lowest BCUT2D eigenvalue weighted by Gasteiger charge is -2.25. The van der Waals surface area contributed by atoms with Crippen LogP contribution in [0, 0.1) is 12.8 Å². The predicted molar refractivity (Wildman–Crippen MR) is 79.5 cm³/mol. The zero-order valence-corrected chi connectivity index (χ0v) is 13.0. The van der Waals surface area contributed by atoms with Gasteiger partial charge in [-0.3, -0.25) is 14.8 Å². The Kier molecular flexibility index (Phi) is 4.24. The average molecular weight is 291 g/mol. The number of amides is 1. The van der Waals surface area contributed by atoms with E-state index in [1.807, 2.05) is 6.92 Å². The first-order valence-electron chi connectivity index (χ1n) is 7.97. The van der Waals surface area contributed by atoms with Crippen LogP contribution in [0.4, 0.5) is 0 Å². The fraction of sp³-hybridized carbons (Fsp3) is 0.800. The monoisotopic (exact) mass is 291 g/mol. The van der Waals surface area contributed by atoms with Crippen LogP contribution in [0.5, 0.6) is 0 Å². The Balaban J connectivity index is 1.50. The van der Waals surface area contributed by atoms with Gasteiger partial charge in [0, 0.05) is 25.6 Å². The van der Waals surface area contributed by atoms with Gasteiger partial charge in [0.05, 0.1) is 6.54 Å². The highest BCUT2D eigenvalue weighted by Gasteiger charge is 2.35. The van der Waals surface area contributed by atoms with Gasteiger partial charge < -0.3 is 4.90 Å². The van der Waals surface area contributed by atoms with Crippen molar-refractivity contribution in [2.45, 2.75) is 51.6 Å². The minimum atomic E-state index is 0.356. The van der Waals surface area contributed by atoms with Gasteiger partial charge in [-0.2, -0.15) is 5.10 Å². The minimum absolute atomic E-state index is 0.356. The van der Waals surface area contributed by atoms with Crippen molar-refractivity contribution in [3.63, 3.8) is 0 Å². The summed E-state index contributed by atoms with van der Waals surface area (Å²) in [4.78, 5) is 20.9. The SMILES string of the molecule is Cc1nc(CN(C)CC2CC(=O)N(C3CCCC3)C2)n[nH]1. The summed E-state index contributed by atoms with van der Waals surface area (Å²) < 4.78 is 0. The third kappa shape index (κ3) is 3.43. The number of carbonyl (C=O) groups excluding carboxylic acids is 1. The Bertz CT molecular complexity index is 494. The lowest BCUT2D eigenvalue weighted by molar-refractivity contribution is -0.129. The van der Waals surface area contributed by atoms with Gasteiger partial charge in [0.2, 0.25) is 5.91 Å². The Morgan fingerprint density at radius 3 is 2.81 bits per heavy atom. The van der Waals surface area contributed by atoms with E-state index in [4.69, 9.17) is 0 Å². The summed E-state index contributed by atoms with van der Waals surface area (Å²) in [5, 5.41) is 7.04. The maximum absolute atomic E-state index is 12.2. The highest BCUT2D eigenvalue weighted by atomic mass is 16.2. The molecular formula is C15H25N5O. The molecule has 1 aromatic rings. The lowest BCUT2D eigenvalue weighted by Crippen LogP contribution is -2.35. The van der Waals surface area contributed by atoms with E-state index in [0.717, 1.165) is 31.3 Å². The number of H-pyrrole nitrogens is 1. The van der Waals surface area contributed by atoms with Gasteiger partial charge >= 0.3 is 0 Å². The molecule has 1 aliphatic carbocycles. The van der Waals surface area contributed by atoms with Crippen LogP contribution in [0.1, 0.15) is 43.8 Å². The number of likely N-dealkylation sites (tertiary alicyclic amines) is 1. The number of nitrogens with one attached hydrogen (secondary N) is 1. The van der Waals surface area contributed by atoms with Crippen molar-refractivity contribution < 1.29 is 4.79 Å². The fourth-order valence-corrected chi connectivity index (χ4v) is 3.71. The Labute approximate surface area is 125 Å². The number of hydrogen-bond acceptors (Lipinski definition) is 4. The number of carbonyl (C=O) groups is 1. The summed E-state index contributed by atoms with van der Waals surface area (Å²) in [5.74, 6) is 2.48. The van der Waals surface area contributed by atoms with E-state index in [1.54, 1.807) is 0 Å². The standard InChI is InChI=1S/C15H25N5O/c1-11-16-14(18-17-11)10-19(2)8-12-7-15(21)20(9-12)13-5-3-4-6-13/h12-13H,3-10H2,1-2H3,(H,16,17,18). The Hall–Kier alpha value is -1.43. The van der Waals surface area contributed by atoms with Gasteiger partial charge in [0.15, 0.2) is 5.82 Å². The topological polar surface area (TPSA) is 65.1 Å². The molecule has 2 heterocycles. The molecule has 2 aliphatic rings. The number of nitrogens with zero attached hydrogens (tertiary/aromatic N) is 4. The average Bonchev–Trinajstić information content (AvgIpc) is 3.12. The van der Waals surface area contributed by atoms with Gasteiger partial charge in [-0.05, 0) is 32.7 Å². The van der Waals surface area contributed by atoms with Crippen LogP contribution in [-0.2, 0) is 11.3 Å². The second-order valence-electron chi connectivity index (χ2n) is 6.59. The molecule has 2 fully saturated rings. The van der Waals surface area contributed by atoms with Gasteiger partial charge in [-0.1, -0.05) is 12.8 Å². The summed E-state index contributed by atoms with van der Waals surface area (Å²) in [6.07, 6.45) is 5.66. The summed E-state index contributed by atoms with van der Waals surface area (Å²) >= 11 is 0. The van der Waals surface area contributed by atoms with Crippen LogP contribution in [0.25, 0.3) is 0 Å². The maximum Gasteiger partial charge on any atom is 0.223 e. The van der Waals surface area contributed by atoms with Crippen molar-refractivity contribution in [1.82, 2.24) is 25.0 Å². The Morgan fingerprint density at radius 1 is 1.38 bits per heavy atom. The molecule has 0 bridgehead atoms. The molecule has 6 nitrogen and oxygen atoms in total. The third-order valence-corrected chi connectivity index (χ3v) is 4.63. The molecule has 1 aliphatic heterocycles. The predicted octanol–water partition coefficient (Wildman–Crippen LogP) is 1.34. The van der Waals surface area contributed by atoms with Crippen LogP contribution in [-0.4, -0.2) is 57.1 Å². The van der Waals surface area contributed by atoms with Crippen molar-refractivity contribution in [3.8, 4) is 0 Å². The summed E-state index contributed by atoms with van der Waals surface area (Å²) in [7, 11) is 2.08. The second kappa shape index (κ2) is 6.13. The molecule has 1 saturated carbocycles. The van der Waals surface area contributed by atoms with E-state index >= 15 is 0 Å². The fourth-order valence-electron chi connectivity index (χ4n) is 3.71. The van der Waals surface area contributed by atoms with E-state index in [-0.39, 0.29) is 0 Å². The summed E-state index contributed by atoms with van der Waals surface area (Å²) in [6, 6.07) is 0.517. The van der Waals surface area contributed by atoms with Crippen LogP contribution in [0.3, 0.4) is 0 Å². The van der Waals surface area contributed by atoms with E-state index in [1.165, 1.54) is 25.7 Å². The van der Waals surface area contributed by atoms with Crippen molar-refractivity contribution in [3.05, 3.63) is 11.6 Å². The van der Waals surface area contributed by atoms with E-state index in [2.05, 4.69) is 32.0 Å². The van der Waals surface area contributed by atoms with E-state index in [9.17, 15) is 4.79 Å². The molecule has 116 valence electrons. The molecule has 1 atom stereocenters. The van der Waals surface area contributed by atoms with E-state index in [0.29, 0.717) is 24.3 Å². The largest absolute Gasteiger partial charge is 0.339 e. The zero-order valence-electron chi connectivity index (χ0n) is 13.0. The molecule has 21 heavy (non-hydrogen) atoms. The quantitative estimate of drug-likeness (QED) is 0.889. The zero-order chi connectivity index (χ0) is 14.8. The molecule has 1 amide bonds. The smallest absolute Gasteiger partial charge is 0.223 e. The highest BCUT2D eigenvalue weighted by molar-refractivity contribution is 5.79. The molecule has 0 aromatic carbocycles. The third-order valence-electron chi connectivity index (χ3n) is 4.63. The normalized spacial score (nSPS) is 23.7. The molecule has 0 spiro atoms. The number of hydrogen-bond donors (Lipinski definition) is 1. The molecular weight excluding hydrogens is 266 g/mol. The van der Waals surface area contributed by atoms with Crippen LogP contribution >= 0.6 is 0 Å². The van der Waals surface area contributed by atoms with Crippen molar-refractivity contribution >= 4 is 5.91 Å².